The van der Waals surface area contributed by atoms with Gasteiger partial charge in [0.2, 0.25) is 10.0 Å². The molecule has 0 aromatic rings. The molecule has 1 N–H and O–H groups in total. The highest BCUT2D eigenvalue weighted by Crippen LogP contribution is 1.96. The number of methoxy groups -OCH3 is 1. The van der Waals surface area contributed by atoms with Crippen LogP contribution in [-0.4, -0.2) is 33.8 Å². The molecule has 0 radical (unpaired) electrons. The van der Waals surface area contributed by atoms with Gasteiger partial charge in [-0.15, -0.1) is 0 Å². The number of nitrogens with one attached hydrogen (secondary N) is 1. The van der Waals surface area contributed by atoms with Crippen LogP contribution in [0.3, 0.4) is 0 Å². The standard InChI is InChI=1S/C10H19NO4S/c1-9(2)6-7-11-16(13,14)8-4-5-10(12)15-3/h6,11H,4-5,7-8H2,1-3H3. The van der Waals surface area contributed by atoms with E-state index in [4.69, 9.17) is 0 Å². The van der Waals surface area contributed by atoms with Gasteiger partial charge < -0.3 is 4.74 Å². The summed E-state index contributed by atoms with van der Waals surface area (Å²) in [6, 6.07) is 0. The molecule has 0 unspecified atom stereocenters. The van der Waals surface area contributed by atoms with Crippen molar-refractivity contribution in [3.05, 3.63) is 11.6 Å². The zero-order valence-electron chi connectivity index (χ0n) is 9.95. The number of rotatable bonds is 7. The Morgan fingerprint density at radius 1 is 1.38 bits per heavy atom. The average Bonchev–Trinajstić information content (AvgIpc) is 2.16. The summed E-state index contributed by atoms with van der Waals surface area (Å²) in [6.07, 6.45) is 2.19. The summed E-state index contributed by atoms with van der Waals surface area (Å²) >= 11 is 0. The van der Waals surface area contributed by atoms with Crippen LogP contribution in [0.15, 0.2) is 11.6 Å². The van der Waals surface area contributed by atoms with E-state index in [0.29, 0.717) is 6.54 Å². The Hall–Kier alpha value is -0.880. The fourth-order valence-corrected chi connectivity index (χ4v) is 1.96. The van der Waals surface area contributed by atoms with Gasteiger partial charge in [0.1, 0.15) is 0 Å². The minimum atomic E-state index is -3.28. The molecule has 0 aromatic carbocycles. The van der Waals surface area contributed by atoms with Crippen molar-refractivity contribution in [2.24, 2.45) is 0 Å². The van der Waals surface area contributed by atoms with E-state index in [2.05, 4.69) is 9.46 Å². The predicted octanol–water partition coefficient (Wildman–Crippen LogP) is 0.825. The molecule has 0 atom stereocenters. The van der Waals surface area contributed by atoms with Crippen molar-refractivity contribution < 1.29 is 17.9 Å². The summed E-state index contributed by atoms with van der Waals surface area (Å²) in [5.74, 6) is -0.446. The van der Waals surface area contributed by atoms with Crippen molar-refractivity contribution >= 4 is 16.0 Å². The van der Waals surface area contributed by atoms with Crippen LogP contribution in [0.25, 0.3) is 0 Å². The number of esters is 1. The highest BCUT2D eigenvalue weighted by molar-refractivity contribution is 7.89. The fourth-order valence-electron chi connectivity index (χ4n) is 0.954. The molecule has 0 amide bonds. The number of sulfonamides is 1. The number of carbonyl (C=O) groups is 1. The summed E-state index contributed by atoms with van der Waals surface area (Å²) in [6.45, 7) is 4.08. The van der Waals surface area contributed by atoms with E-state index in [0.717, 1.165) is 5.57 Å². The van der Waals surface area contributed by atoms with Gasteiger partial charge in [0, 0.05) is 13.0 Å². The third-order valence-corrected chi connectivity index (χ3v) is 3.27. The van der Waals surface area contributed by atoms with Crippen LogP contribution in [0.4, 0.5) is 0 Å². The Kier molecular flexibility index (Phi) is 7.00. The fraction of sp³-hybridized carbons (Fsp3) is 0.700. The summed E-state index contributed by atoms with van der Waals surface area (Å²) in [5, 5.41) is 0. The van der Waals surface area contributed by atoms with Crippen molar-refractivity contribution in [3.8, 4) is 0 Å². The quantitative estimate of drug-likeness (QED) is 0.535. The van der Waals surface area contributed by atoms with Crippen LogP contribution in [0.5, 0.6) is 0 Å². The Balaban J connectivity index is 3.88. The van der Waals surface area contributed by atoms with E-state index in [-0.39, 0.29) is 24.6 Å². The van der Waals surface area contributed by atoms with Gasteiger partial charge in [-0.1, -0.05) is 11.6 Å². The Bertz CT molecular complexity index is 342. The lowest BCUT2D eigenvalue weighted by atomic mass is 10.3. The summed E-state index contributed by atoms with van der Waals surface area (Å²) in [5.41, 5.74) is 1.05. The lowest BCUT2D eigenvalue weighted by molar-refractivity contribution is -0.140. The lowest BCUT2D eigenvalue weighted by Gasteiger charge is -2.04. The molecule has 94 valence electrons. The first-order valence-electron chi connectivity index (χ1n) is 5.05. The van der Waals surface area contributed by atoms with Crippen LogP contribution in [0, 0.1) is 0 Å². The maximum absolute atomic E-state index is 11.4. The molecular weight excluding hydrogens is 230 g/mol. The van der Waals surface area contributed by atoms with Gasteiger partial charge in [0.05, 0.1) is 12.9 Å². The molecule has 0 saturated carbocycles. The van der Waals surface area contributed by atoms with Gasteiger partial charge in [0.25, 0.3) is 0 Å². The zero-order chi connectivity index (χ0) is 12.6. The summed E-state index contributed by atoms with van der Waals surface area (Å²) in [7, 11) is -2.00. The van der Waals surface area contributed by atoms with Gasteiger partial charge in [-0.25, -0.2) is 13.1 Å². The third kappa shape index (κ3) is 8.43. The van der Waals surface area contributed by atoms with Crippen molar-refractivity contribution in [3.63, 3.8) is 0 Å². The molecule has 5 nitrogen and oxygen atoms in total. The van der Waals surface area contributed by atoms with Gasteiger partial charge >= 0.3 is 5.97 Å². The second kappa shape index (κ2) is 7.40. The second-order valence-electron chi connectivity index (χ2n) is 3.63. The van der Waals surface area contributed by atoms with E-state index in [1.165, 1.54) is 7.11 Å². The molecule has 16 heavy (non-hydrogen) atoms. The summed E-state index contributed by atoms with van der Waals surface area (Å²) < 4.78 is 29.6. The van der Waals surface area contributed by atoms with Crippen molar-refractivity contribution in [1.82, 2.24) is 4.72 Å². The van der Waals surface area contributed by atoms with Gasteiger partial charge in [-0.3, -0.25) is 4.79 Å². The first kappa shape index (κ1) is 15.1. The van der Waals surface area contributed by atoms with E-state index in [1.54, 1.807) is 6.08 Å². The Labute approximate surface area is 96.9 Å². The molecule has 0 aliphatic carbocycles. The molecule has 0 aromatic heterocycles. The molecular formula is C10H19NO4S. The van der Waals surface area contributed by atoms with Gasteiger partial charge in [-0.05, 0) is 20.3 Å². The van der Waals surface area contributed by atoms with Gasteiger partial charge in [0.15, 0.2) is 0 Å². The minimum Gasteiger partial charge on any atom is -0.469 e. The predicted molar refractivity (Wildman–Crippen MR) is 62.5 cm³/mol. The first-order chi connectivity index (χ1) is 7.37. The van der Waals surface area contributed by atoms with Crippen LogP contribution >= 0.6 is 0 Å². The maximum atomic E-state index is 11.4. The van der Waals surface area contributed by atoms with Crippen LogP contribution in [0.1, 0.15) is 26.7 Å². The molecule has 0 bridgehead atoms. The highest BCUT2D eigenvalue weighted by atomic mass is 32.2. The minimum absolute atomic E-state index is 0.0568. The number of allylic oxidation sites excluding steroid dienone is 1. The van der Waals surface area contributed by atoms with Crippen molar-refractivity contribution in [1.29, 1.82) is 0 Å². The lowest BCUT2D eigenvalue weighted by Crippen LogP contribution is -2.27. The zero-order valence-corrected chi connectivity index (χ0v) is 10.8. The van der Waals surface area contributed by atoms with E-state index in [9.17, 15) is 13.2 Å². The van der Waals surface area contributed by atoms with Crippen molar-refractivity contribution in [2.75, 3.05) is 19.4 Å². The third-order valence-electron chi connectivity index (χ3n) is 1.84. The Morgan fingerprint density at radius 2 is 2.00 bits per heavy atom. The van der Waals surface area contributed by atoms with Crippen LogP contribution in [-0.2, 0) is 19.6 Å². The molecule has 6 heteroatoms. The van der Waals surface area contributed by atoms with Gasteiger partial charge in [-0.2, -0.15) is 0 Å². The average molecular weight is 249 g/mol. The largest absolute Gasteiger partial charge is 0.469 e. The SMILES string of the molecule is COC(=O)CCCS(=O)(=O)NCC=C(C)C. The number of ether oxygens (including phenoxy) is 1. The van der Waals surface area contributed by atoms with Crippen LogP contribution in [0.2, 0.25) is 0 Å². The number of carbonyl (C=O) groups excluding carboxylic acids is 1. The number of hydrogen-bond acceptors (Lipinski definition) is 4. The number of hydrogen-bond donors (Lipinski definition) is 1. The monoisotopic (exact) mass is 249 g/mol. The molecule has 0 saturated heterocycles. The topological polar surface area (TPSA) is 72.5 Å². The first-order valence-corrected chi connectivity index (χ1v) is 6.70. The van der Waals surface area contributed by atoms with E-state index < -0.39 is 10.0 Å². The van der Waals surface area contributed by atoms with Crippen molar-refractivity contribution in [2.45, 2.75) is 26.7 Å². The maximum Gasteiger partial charge on any atom is 0.305 e. The molecule has 0 rings (SSSR count). The van der Waals surface area contributed by atoms with E-state index in [1.807, 2.05) is 13.8 Å². The molecule has 0 fully saturated rings. The molecule has 0 aliphatic heterocycles. The highest BCUT2D eigenvalue weighted by Gasteiger charge is 2.10. The van der Waals surface area contributed by atoms with Crippen LogP contribution < -0.4 is 4.72 Å². The smallest absolute Gasteiger partial charge is 0.305 e. The Morgan fingerprint density at radius 3 is 2.50 bits per heavy atom. The molecule has 0 spiro atoms. The summed E-state index contributed by atoms with van der Waals surface area (Å²) in [4.78, 5) is 10.8. The molecule has 0 heterocycles. The van der Waals surface area contributed by atoms with E-state index >= 15 is 0 Å². The second-order valence-corrected chi connectivity index (χ2v) is 5.55. The molecule has 0 aliphatic rings. The normalized spacial score (nSPS) is 10.9.